The molecule has 0 aliphatic rings. The van der Waals surface area contributed by atoms with Crippen molar-refractivity contribution in [3.63, 3.8) is 0 Å². The molecule has 0 fully saturated rings. The van der Waals surface area contributed by atoms with E-state index in [1.165, 1.54) is 5.56 Å². The van der Waals surface area contributed by atoms with Gasteiger partial charge in [0, 0.05) is 15.5 Å². The normalized spacial score (nSPS) is 10.3. The number of carbonyl (C=O) groups is 1. The molecule has 0 heterocycles. The fraction of sp³-hybridized carbons (Fsp3) is 0.133. The summed E-state index contributed by atoms with van der Waals surface area (Å²) in [5.41, 5.74) is 2.44. The van der Waals surface area contributed by atoms with E-state index in [0.29, 0.717) is 10.6 Å². The number of rotatable bonds is 4. The number of aryl methyl sites for hydroxylation is 1. The highest BCUT2D eigenvalue weighted by Gasteiger charge is 2.10. The average molecular weight is 418 g/mol. The smallest absolute Gasteiger partial charge is 0.257 e. The van der Waals surface area contributed by atoms with Crippen LogP contribution < -0.4 is 5.32 Å². The van der Waals surface area contributed by atoms with E-state index in [-0.39, 0.29) is 5.91 Å². The Bertz CT molecular complexity index is 614. The summed E-state index contributed by atoms with van der Waals surface area (Å²) in [6, 6.07) is 13.0. The molecule has 0 atom stereocenters. The molecular weight excluding hydrogens is 405 g/mol. The lowest BCUT2D eigenvalue weighted by molar-refractivity contribution is 0.102. The molecule has 2 aromatic carbocycles. The number of nitrogens with one attached hydrogen (secondary N) is 1. The number of halogens is 3. The second-order valence-corrected chi connectivity index (χ2v) is 6.33. The van der Waals surface area contributed by atoms with Crippen LogP contribution in [-0.4, -0.2) is 11.2 Å². The fourth-order valence-electron chi connectivity index (χ4n) is 1.74. The van der Waals surface area contributed by atoms with Crippen LogP contribution in [0.1, 0.15) is 15.9 Å². The summed E-state index contributed by atoms with van der Waals surface area (Å²) in [6.45, 7) is 0. The Kier molecular flexibility index (Phi) is 5.64. The lowest BCUT2D eigenvalue weighted by Gasteiger charge is -2.08. The molecule has 0 radical (unpaired) electrons. The average Bonchev–Trinajstić information content (AvgIpc) is 2.41. The Labute approximate surface area is 139 Å². The summed E-state index contributed by atoms with van der Waals surface area (Å²) in [6.07, 6.45) is 0.965. The molecule has 0 saturated carbocycles. The van der Waals surface area contributed by atoms with E-state index in [2.05, 4.69) is 37.2 Å². The van der Waals surface area contributed by atoms with Crippen molar-refractivity contribution < 1.29 is 4.79 Å². The van der Waals surface area contributed by atoms with Crippen molar-refractivity contribution >= 4 is 55.1 Å². The van der Waals surface area contributed by atoms with Gasteiger partial charge in [-0.1, -0.05) is 55.6 Å². The minimum Gasteiger partial charge on any atom is -0.322 e. The third-order valence-electron chi connectivity index (χ3n) is 2.77. The molecule has 0 unspecified atom stereocenters. The van der Waals surface area contributed by atoms with E-state index in [4.69, 9.17) is 11.6 Å². The van der Waals surface area contributed by atoms with Gasteiger partial charge in [-0.05, 0) is 42.3 Å². The van der Waals surface area contributed by atoms with E-state index >= 15 is 0 Å². The maximum absolute atomic E-state index is 12.1. The van der Waals surface area contributed by atoms with Crippen LogP contribution in [-0.2, 0) is 6.42 Å². The molecule has 0 spiro atoms. The van der Waals surface area contributed by atoms with Crippen molar-refractivity contribution in [3.8, 4) is 0 Å². The summed E-state index contributed by atoms with van der Waals surface area (Å²) < 4.78 is 0.846. The van der Waals surface area contributed by atoms with Gasteiger partial charge < -0.3 is 5.32 Å². The third-order valence-corrected chi connectivity index (χ3v) is 3.97. The monoisotopic (exact) mass is 415 g/mol. The lowest BCUT2D eigenvalue weighted by Crippen LogP contribution is -2.12. The molecule has 1 N–H and O–H groups in total. The first kappa shape index (κ1) is 15.5. The van der Waals surface area contributed by atoms with Gasteiger partial charge in [0.2, 0.25) is 0 Å². The van der Waals surface area contributed by atoms with Gasteiger partial charge in [-0.25, -0.2) is 0 Å². The van der Waals surface area contributed by atoms with Gasteiger partial charge in [-0.3, -0.25) is 4.79 Å². The van der Waals surface area contributed by atoms with E-state index in [1.807, 2.05) is 24.3 Å². The minimum absolute atomic E-state index is 0.212. The van der Waals surface area contributed by atoms with Crippen molar-refractivity contribution in [3.05, 3.63) is 63.1 Å². The molecule has 0 aliphatic heterocycles. The van der Waals surface area contributed by atoms with E-state index < -0.39 is 0 Å². The minimum atomic E-state index is -0.212. The van der Waals surface area contributed by atoms with Crippen molar-refractivity contribution in [2.24, 2.45) is 0 Å². The van der Waals surface area contributed by atoms with Gasteiger partial charge in [0.05, 0.1) is 10.6 Å². The maximum atomic E-state index is 12.1. The Morgan fingerprint density at radius 2 is 1.85 bits per heavy atom. The lowest BCUT2D eigenvalue weighted by atomic mass is 10.1. The molecule has 2 rings (SSSR count). The molecule has 0 aromatic heterocycles. The quantitative estimate of drug-likeness (QED) is 0.673. The summed E-state index contributed by atoms with van der Waals surface area (Å²) in [5, 5.41) is 4.19. The van der Waals surface area contributed by atoms with Crippen LogP contribution in [0.2, 0.25) is 5.02 Å². The number of hydrogen-bond donors (Lipinski definition) is 1. The summed E-state index contributed by atoms with van der Waals surface area (Å²) in [5.74, 6) is -0.212. The molecule has 2 nitrogen and oxygen atoms in total. The molecule has 104 valence electrons. The number of amides is 1. The van der Waals surface area contributed by atoms with Crippen LogP contribution >= 0.6 is 43.5 Å². The molecule has 0 aliphatic carbocycles. The molecule has 1 amide bonds. The molecule has 20 heavy (non-hydrogen) atoms. The van der Waals surface area contributed by atoms with Gasteiger partial charge in [0.25, 0.3) is 5.91 Å². The molecular formula is C15H12Br2ClNO. The van der Waals surface area contributed by atoms with Crippen molar-refractivity contribution in [2.75, 3.05) is 10.6 Å². The number of benzene rings is 2. The number of alkyl halides is 1. The van der Waals surface area contributed by atoms with Crippen LogP contribution in [0.25, 0.3) is 0 Å². The second-order valence-electron chi connectivity index (χ2n) is 4.21. The second kappa shape index (κ2) is 7.25. The Morgan fingerprint density at radius 1 is 1.15 bits per heavy atom. The highest BCUT2D eigenvalue weighted by atomic mass is 79.9. The SMILES string of the molecule is O=C(Nc1ccc(CCBr)cc1)c1ccc(Br)cc1Cl. The van der Waals surface area contributed by atoms with Gasteiger partial charge in [-0.2, -0.15) is 0 Å². The first-order valence-corrected chi connectivity index (χ1v) is 8.30. The van der Waals surface area contributed by atoms with E-state index in [1.54, 1.807) is 18.2 Å². The molecule has 2 aromatic rings. The predicted octanol–water partition coefficient (Wildman–Crippen LogP) is 5.29. The van der Waals surface area contributed by atoms with E-state index in [9.17, 15) is 4.79 Å². The zero-order valence-corrected chi connectivity index (χ0v) is 14.4. The van der Waals surface area contributed by atoms with Gasteiger partial charge >= 0.3 is 0 Å². The Morgan fingerprint density at radius 3 is 2.45 bits per heavy atom. The van der Waals surface area contributed by atoms with Crippen LogP contribution in [0.4, 0.5) is 5.69 Å². The Balaban J connectivity index is 2.11. The first-order chi connectivity index (χ1) is 9.60. The van der Waals surface area contributed by atoms with Gasteiger partial charge in [0.15, 0.2) is 0 Å². The first-order valence-electron chi connectivity index (χ1n) is 6.01. The van der Waals surface area contributed by atoms with E-state index in [0.717, 1.165) is 21.9 Å². The molecule has 0 saturated heterocycles. The highest BCUT2D eigenvalue weighted by Crippen LogP contribution is 2.22. The zero-order valence-electron chi connectivity index (χ0n) is 10.5. The van der Waals surface area contributed by atoms with Crippen LogP contribution in [0.3, 0.4) is 0 Å². The van der Waals surface area contributed by atoms with Crippen molar-refractivity contribution in [2.45, 2.75) is 6.42 Å². The standard InChI is InChI=1S/C15H12Br2ClNO/c16-8-7-10-1-4-12(5-2-10)19-15(20)13-6-3-11(17)9-14(13)18/h1-6,9H,7-8H2,(H,19,20). The summed E-state index contributed by atoms with van der Waals surface area (Å²) in [4.78, 5) is 12.1. The predicted molar refractivity (Wildman–Crippen MR) is 91.0 cm³/mol. The fourth-order valence-corrected chi connectivity index (χ4v) is 2.95. The number of anilines is 1. The van der Waals surface area contributed by atoms with Crippen LogP contribution in [0.5, 0.6) is 0 Å². The Hall–Kier alpha value is -0.840. The van der Waals surface area contributed by atoms with Crippen molar-refractivity contribution in [1.82, 2.24) is 0 Å². The number of hydrogen-bond acceptors (Lipinski definition) is 1. The molecule has 5 heteroatoms. The van der Waals surface area contributed by atoms with Gasteiger partial charge in [-0.15, -0.1) is 0 Å². The zero-order chi connectivity index (χ0) is 14.5. The molecule has 0 bridgehead atoms. The van der Waals surface area contributed by atoms with Crippen LogP contribution in [0.15, 0.2) is 46.9 Å². The van der Waals surface area contributed by atoms with Crippen LogP contribution in [0, 0.1) is 0 Å². The largest absolute Gasteiger partial charge is 0.322 e. The summed E-state index contributed by atoms with van der Waals surface area (Å²) >= 11 is 12.8. The topological polar surface area (TPSA) is 29.1 Å². The summed E-state index contributed by atoms with van der Waals surface area (Å²) in [7, 11) is 0. The number of carbonyl (C=O) groups excluding carboxylic acids is 1. The third kappa shape index (κ3) is 4.08. The van der Waals surface area contributed by atoms with Crippen molar-refractivity contribution in [1.29, 1.82) is 0 Å². The highest BCUT2D eigenvalue weighted by molar-refractivity contribution is 9.10. The maximum Gasteiger partial charge on any atom is 0.257 e. The van der Waals surface area contributed by atoms with Gasteiger partial charge in [0.1, 0.15) is 0 Å².